The van der Waals surface area contributed by atoms with Crippen molar-refractivity contribution < 1.29 is 53.6 Å². The summed E-state index contributed by atoms with van der Waals surface area (Å²) in [6, 6.07) is 0.0766. The highest BCUT2D eigenvalue weighted by molar-refractivity contribution is 5.98. The van der Waals surface area contributed by atoms with Crippen LogP contribution in [0.25, 0.3) is 5.69 Å². The van der Waals surface area contributed by atoms with Crippen molar-refractivity contribution in [3.63, 3.8) is 0 Å². The molecule has 1 aliphatic rings. The molecule has 0 bridgehead atoms. The van der Waals surface area contributed by atoms with Crippen molar-refractivity contribution in [3.05, 3.63) is 41.2 Å². The smallest absolute Gasteiger partial charge is 0.335 e. The van der Waals surface area contributed by atoms with Crippen LogP contribution in [0.2, 0.25) is 0 Å². The molecular formula is C27H33FN6O10. The van der Waals surface area contributed by atoms with Crippen molar-refractivity contribution in [1.29, 1.82) is 0 Å². The van der Waals surface area contributed by atoms with E-state index in [2.05, 4.69) is 20.9 Å². The van der Waals surface area contributed by atoms with Crippen molar-refractivity contribution in [2.75, 3.05) is 19.8 Å². The highest BCUT2D eigenvalue weighted by Gasteiger charge is 2.30. The number of hydrogen-bond donors (Lipinski definition) is 6. The van der Waals surface area contributed by atoms with Gasteiger partial charge in [0.15, 0.2) is 0 Å². The van der Waals surface area contributed by atoms with Gasteiger partial charge in [-0.25, -0.2) is 23.9 Å². The highest BCUT2D eigenvalue weighted by atomic mass is 19.1. The second-order valence-corrected chi connectivity index (χ2v) is 10.3. The summed E-state index contributed by atoms with van der Waals surface area (Å²) in [5, 5.41) is 49.4. The summed E-state index contributed by atoms with van der Waals surface area (Å²) >= 11 is 0. The maximum atomic E-state index is 13.3. The van der Waals surface area contributed by atoms with E-state index < -0.39 is 61.0 Å². The number of carboxylic acid groups (broad SMARTS) is 4. The molecule has 0 aliphatic carbocycles. The molecule has 1 aliphatic heterocycles. The van der Waals surface area contributed by atoms with E-state index in [0.29, 0.717) is 25.0 Å². The lowest BCUT2D eigenvalue weighted by Gasteiger charge is -2.33. The molecule has 0 spiro atoms. The van der Waals surface area contributed by atoms with Gasteiger partial charge in [0.2, 0.25) is 0 Å². The number of carboxylic acids is 4. The van der Waals surface area contributed by atoms with Gasteiger partial charge in [0.05, 0.1) is 29.8 Å². The average molecular weight is 621 g/mol. The van der Waals surface area contributed by atoms with Crippen LogP contribution in [0.3, 0.4) is 0 Å². The number of carbonyl (C=O) groups excluding carboxylic acids is 2. The van der Waals surface area contributed by atoms with Crippen LogP contribution < -0.4 is 10.6 Å². The minimum atomic E-state index is -1.53. The number of aromatic nitrogens is 3. The second kappa shape index (κ2) is 15.4. The number of piperidine rings is 1. The molecule has 1 fully saturated rings. The number of likely N-dealkylation sites (tertiary alicyclic amines) is 1. The fourth-order valence-corrected chi connectivity index (χ4v) is 4.77. The Hall–Kier alpha value is -5.09. The maximum absolute atomic E-state index is 13.3. The molecule has 16 nitrogen and oxygen atoms in total. The number of halogens is 1. The van der Waals surface area contributed by atoms with Crippen LogP contribution in [0.4, 0.5) is 9.18 Å². The van der Waals surface area contributed by atoms with Crippen LogP contribution in [0.1, 0.15) is 64.9 Å². The number of carbonyl (C=O) groups is 6. The Morgan fingerprint density at radius 1 is 0.932 bits per heavy atom. The lowest BCUT2D eigenvalue weighted by Crippen LogP contribution is -2.52. The van der Waals surface area contributed by atoms with Gasteiger partial charge in [0, 0.05) is 25.1 Å². The first-order chi connectivity index (χ1) is 20.9. The van der Waals surface area contributed by atoms with Crippen molar-refractivity contribution >= 4 is 35.8 Å². The Kier molecular flexibility index (Phi) is 11.7. The maximum Gasteiger partial charge on any atom is 0.335 e. The molecule has 6 N–H and O–H groups in total. The second-order valence-electron chi connectivity index (χ2n) is 10.3. The zero-order chi connectivity index (χ0) is 32.4. The fourth-order valence-electron chi connectivity index (χ4n) is 4.77. The lowest BCUT2D eigenvalue weighted by atomic mass is 9.90. The van der Waals surface area contributed by atoms with Gasteiger partial charge < -0.3 is 36.0 Å². The molecule has 238 valence electrons. The Morgan fingerprint density at radius 2 is 1.57 bits per heavy atom. The first kappa shape index (κ1) is 33.4. The van der Waals surface area contributed by atoms with Crippen molar-refractivity contribution in [2.45, 2.75) is 57.0 Å². The van der Waals surface area contributed by atoms with E-state index in [-0.39, 0.29) is 55.1 Å². The van der Waals surface area contributed by atoms with Crippen LogP contribution in [0, 0.1) is 5.92 Å². The van der Waals surface area contributed by atoms with E-state index in [9.17, 15) is 48.5 Å². The minimum absolute atomic E-state index is 0.00661. The van der Waals surface area contributed by atoms with Gasteiger partial charge in [-0.15, -0.1) is 5.10 Å². The molecule has 3 amide bonds. The number of urea groups is 1. The van der Waals surface area contributed by atoms with Crippen LogP contribution in [-0.2, 0) is 20.8 Å². The van der Waals surface area contributed by atoms with E-state index in [1.807, 2.05) is 0 Å². The van der Waals surface area contributed by atoms with E-state index >= 15 is 0 Å². The quantitative estimate of drug-likeness (QED) is 0.164. The largest absolute Gasteiger partial charge is 0.481 e. The van der Waals surface area contributed by atoms with Crippen LogP contribution in [0.5, 0.6) is 0 Å². The number of hydrogen-bond acceptors (Lipinski definition) is 8. The van der Waals surface area contributed by atoms with Crippen LogP contribution in [0.15, 0.2) is 24.4 Å². The van der Waals surface area contributed by atoms with E-state index in [0.717, 1.165) is 0 Å². The Balaban J connectivity index is 1.62. The first-order valence-electron chi connectivity index (χ1n) is 13.8. The van der Waals surface area contributed by atoms with Gasteiger partial charge in [0.1, 0.15) is 12.1 Å². The van der Waals surface area contributed by atoms with Gasteiger partial charge >= 0.3 is 29.9 Å². The van der Waals surface area contributed by atoms with Crippen molar-refractivity contribution in [3.8, 4) is 5.69 Å². The van der Waals surface area contributed by atoms with Gasteiger partial charge in [-0.05, 0) is 62.6 Å². The minimum Gasteiger partial charge on any atom is -0.481 e. The zero-order valence-electron chi connectivity index (χ0n) is 23.5. The molecule has 2 heterocycles. The molecule has 2 aromatic rings. The summed E-state index contributed by atoms with van der Waals surface area (Å²) in [6.07, 6.45) is 1.97. The summed E-state index contributed by atoms with van der Waals surface area (Å²) < 4.78 is 13.8. The molecule has 2 unspecified atom stereocenters. The molecule has 3 rings (SSSR count). The summed E-state index contributed by atoms with van der Waals surface area (Å²) in [4.78, 5) is 72.8. The number of nitrogens with zero attached hydrogens (tertiary/aromatic N) is 4. The third kappa shape index (κ3) is 9.47. The van der Waals surface area contributed by atoms with Gasteiger partial charge in [-0.1, -0.05) is 5.21 Å². The van der Waals surface area contributed by atoms with E-state index in [4.69, 9.17) is 5.11 Å². The average Bonchev–Trinajstić information content (AvgIpc) is 3.46. The third-order valence-electron chi connectivity index (χ3n) is 7.11. The van der Waals surface area contributed by atoms with Crippen molar-refractivity contribution in [2.24, 2.45) is 5.92 Å². The molecule has 0 saturated carbocycles. The number of amides is 3. The molecule has 1 aromatic carbocycles. The molecule has 1 saturated heterocycles. The van der Waals surface area contributed by atoms with Crippen LogP contribution >= 0.6 is 0 Å². The highest BCUT2D eigenvalue weighted by Crippen LogP contribution is 2.25. The molecular weight excluding hydrogens is 587 g/mol. The lowest BCUT2D eigenvalue weighted by molar-refractivity contribution is -0.141. The Labute approximate surface area is 249 Å². The molecule has 2 atom stereocenters. The van der Waals surface area contributed by atoms with Gasteiger partial charge in [-0.2, -0.15) is 0 Å². The Bertz CT molecular complexity index is 1390. The number of aliphatic carboxylic acids is 3. The topological polar surface area (TPSA) is 241 Å². The summed E-state index contributed by atoms with van der Waals surface area (Å²) in [5.74, 6) is -6.00. The normalized spacial score (nSPS) is 14.8. The van der Waals surface area contributed by atoms with E-state index in [1.54, 1.807) is 0 Å². The molecule has 17 heteroatoms. The predicted octanol–water partition coefficient (Wildman–Crippen LogP) is 1.18. The fraction of sp³-hybridized carbons (Fsp3) is 0.481. The predicted molar refractivity (Wildman–Crippen MR) is 147 cm³/mol. The monoisotopic (exact) mass is 620 g/mol. The number of nitrogens with one attached hydrogen (secondary N) is 2. The number of aromatic carboxylic acids is 1. The number of benzene rings is 1. The third-order valence-corrected chi connectivity index (χ3v) is 7.11. The summed E-state index contributed by atoms with van der Waals surface area (Å²) in [7, 11) is 0. The standard InChI is InChI=1S/C27H33FN6O10/c28-7-1-2-18-14-34(32-31-18)19-12-16(11-17(13-19)24(38)39)23(37)33-8-5-15(6-9-33)10-21(26(42)43)30-27(44)29-20(25(40)41)3-4-22(35)36/h11-15,20-21H,1-10H2,(H,35,36)(H,38,39)(H,40,41)(H,42,43)(H2,29,30,44). The number of alkyl halides is 1. The van der Waals surface area contributed by atoms with Gasteiger partial charge in [-0.3, -0.25) is 14.0 Å². The summed E-state index contributed by atoms with van der Waals surface area (Å²) in [6.45, 7) is -0.0772. The number of rotatable bonds is 15. The number of aryl methyl sites for hydroxylation is 1. The SMILES string of the molecule is O=C(O)CCC(NC(=O)NC(CC1CCN(C(=O)c2cc(C(=O)O)cc(-n3cc(CCCF)nn3)c2)CC1)C(=O)O)C(=O)O. The summed E-state index contributed by atoms with van der Waals surface area (Å²) in [5.41, 5.74) is 0.730. The first-order valence-corrected chi connectivity index (χ1v) is 13.8. The Morgan fingerprint density at radius 3 is 2.16 bits per heavy atom. The van der Waals surface area contributed by atoms with E-state index in [1.165, 1.54) is 34.0 Å². The molecule has 1 aromatic heterocycles. The van der Waals surface area contributed by atoms with Crippen LogP contribution in [-0.4, -0.2) is 108 Å². The zero-order valence-corrected chi connectivity index (χ0v) is 23.5. The van der Waals surface area contributed by atoms with Gasteiger partial charge in [0.25, 0.3) is 5.91 Å². The molecule has 44 heavy (non-hydrogen) atoms. The van der Waals surface area contributed by atoms with Crippen molar-refractivity contribution in [1.82, 2.24) is 30.5 Å². The molecule has 0 radical (unpaired) electrons.